The molecule has 3 N–H and O–H groups in total. The summed E-state index contributed by atoms with van der Waals surface area (Å²) in [5, 5.41) is 3.92. The van der Waals surface area contributed by atoms with Crippen molar-refractivity contribution in [2.45, 2.75) is 0 Å². The molecule has 9 nitrogen and oxygen atoms in total. The number of para-hydroxylation sites is 3. The van der Waals surface area contributed by atoms with Crippen LogP contribution in [0, 0.1) is 0 Å². The summed E-state index contributed by atoms with van der Waals surface area (Å²) < 4.78 is 12.3. The lowest BCUT2D eigenvalue weighted by Crippen LogP contribution is -2.16. The normalized spacial score (nSPS) is 10.5. The summed E-state index contributed by atoms with van der Waals surface area (Å²) in [6.07, 6.45) is 2.86. The van der Waals surface area contributed by atoms with Gasteiger partial charge in [-0.05, 0) is 60.7 Å². The van der Waals surface area contributed by atoms with Gasteiger partial charge >= 0.3 is 6.09 Å². The molecule has 0 fully saturated rings. The Bertz CT molecular complexity index is 1840. The maximum Gasteiger partial charge on any atom is 0.417 e. The van der Waals surface area contributed by atoms with Crippen LogP contribution in [0.4, 0.5) is 10.5 Å². The molecule has 0 saturated heterocycles. The molecule has 2 heterocycles. The second-order valence-electron chi connectivity index (χ2n) is 8.70. The number of ether oxygens (including phenoxy) is 2. The van der Waals surface area contributed by atoms with E-state index in [1.165, 1.54) is 7.11 Å². The number of nitrogens with zero attached hydrogens (tertiary/aromatic N) is 3. The molecule has 0 bridgehead atoms. The van der Waals surface area contributed by atoms with Crippen molar-refractivity contribution in [2.24, 2.45) is 5.73 Å². The summed E-state index contributed by atoms with van der Waals surface area (Å²) in [5.41, 5.74) is 9.81. The Morgan fingerprint density at radius 3 is 2.34 bits per heavy atom. The number of nitrogens with one attached hydrogen (secondary N) is 1. The maximum absolute atomic E-state index is 11.9. The highest BCUT2D eigenvalue weighted by molar-refractivity contribution is 6.35. The van der Waals surface area contributed by atoms with Gasteiger partial charge in [0.1, 0.15) is 17.8 Å². The predicted molar refractivity (Wildman–Crippen MR) is 159 cm³/mol. The Kier molecular flexibility index (Phi) is 8.08. The van der Waals surface area contributed by atoms with Crippen molar-refractivity contribution in [3.05, 3.63) is 120 Å². The van der Waals surface area contributed by atoms with Crippen LogP contribution in [0.25, 0.3) is 27.6 Å². The van der Waals surface area contributed by atoms with Gasteiger partial charge in [0.25, 0.3) is 5.91 Å². The zero-order chi connectivity index (χ0) is 28.8. The van der Waals surface area contributed by atoms with Crippen LogP contribution in [0.15, 0.2) is 110 Å². The molecule has 0 spiro atoms. The zero-order valence-electron chi connectivity index (χ0n) is 21.8. The van der Waals surface area contributed by atoms with E-state index in [2.05, 4.69) is 15.3 Å². The number of carbonyl (C=O) groups excluding carboxylic acids is 2. The topological polar surface area (TPSA) is 121 Å². The first kappa shape index (κ1) is 27.2. The third-order valence-electron chi connectivity index (χ3n) is 6.07. The van der Waals surface area contributed by atoms with Crippen molar-refractivity contribution in [1.29, 1.82) is 0 Å². The van der Waals surface area contributed by atoms with Crippen LogP contribution in [0.2, 0.25) is 5.02 Å². The number of anilines is 1. The minimum absolute atomic E-state index is 0.296. The van der Waals surface area contributed by atoms with Gasteiger partial charge in [0, 0.05) is 29.0 Å². The van der Waals surface area contributed by atoms with Gasteiger partial charge in [-0.3, -0.25) is 19.7 Å². The number of methoxy groups -OCH3 is 1. The van der Waals surface area contributed by atoms with Crippen molar-refractivity contribution in [1.82, 2.24) is 14.5 Å². The van der Waals surface area contributed by atoms with E-state index in [4.69, 9.17) is 26.8 Å². The number of fused-ring (bicyclic) bond motifs is 2. The fourth-order valence-electron chi connectivity index (χ4n) is 4.11. The number of halogens is 1. The van der Waals surface area contributed by atoms with Gasteiger partial charge in [-0.15, -0.1) is 0 Å². The van der Waals surface area contributed by atoms with Gasteiger partial charge in [0.2, 0.25) is 0 Å². The number of benzene rings is 4. The summed E-state index contributed by atoms with van der Waals surface area (Å²) in [4.78, 5) is 31.7. The largest absolute Gasteiger partial charge is 0.496 e. The molecule has 0 atom stereocenters. The number of hydrogen-bond donors (Lipinski definition) is 2. The van der Waals surface area contributed by atoms with Gasteiger partial charge in [-0.2, -0.15) is 0 Å². The first-order valence-electron chi connectivity index (χ1n) is 12.4. The molecule has 0 unspecified atom stereocenters. The fraction of sp³-hybridized carbons (Fsp3) is 0.0323. The molecular formula is C31H24ClN5O4. The van der Waals surface area contributed by atoms with E-state index in [-0.39, 0.29) is 0 Å². The lowest BCUT2D eigenvalue weighted by molar-refractivity contribution is 0.0997. The smallest absolute Gasteiger partial charge is 0.417 e. The first-order valence-corrected chi connectivity index (χ1v) is 12.8. The minimum Gasteiger partial charge on any atom is -0.496 e. The van der Waals surface area contributed by atoms with Gasteiger partial charge in [-0.25, -0.2) is 9.78 Å². The molecule has 10 heteroatoms. The van der Waals surface area contributed by atoms with Crippen LogP contribution in [0.5, 0.6) is 11.5 Å². The molecule has 204 valence electrons. The summed E-state index contributed by atoms with van der Waals surface area (Å²) in [6.45, 7) is 0. The van der Waals surface area contributed by atoms with Crippen LogP contribution in [0.3, 0.4) is 0 Å². The van der Waals surface area contributed by atoms with E-state index >= 15 is 0 Å². The Morgan fingerprint density at radius 2 is 1.61 bits per heavy atom. The number of imidazole rings is 1. The van der Waals surface area contributed by atoms with E-state index in [1.807, 2.05) is 71.3 Å². The summed E-state index contributed by atoms with van der Waals surface area (Å²) in [5.74, 6) is 0.343. The van der Waals surface area contributed by atoms with E-state index in [9.17, 15) is 9.59 Å². The summed E-state index contributed by atoms with van der Waals surface area (Å²) in [6, 6.07) is 29.3. The van der Waals surface area contributed by atoms with Gasteiger partial charge in [0.05, 0.1) is 34.2 Å². The predicted octanol–water partition coefficient (Wildman–Crippen LogP) is 6.63. The minimum atomic E-state index is -0.557. The van der Waals surface area contributed by atoms with Crippen molar-refractivity contribution in [2.75, 3.05) is 12.4 Å². The number of primary amides is 1. The van der Waals surface area contributed by atoms with Crippen molar-refractivity contribution in [3.8, 4) is 17.2 Å². The van der Waals surface area contributed by atoms with Gasteiger partial charge in [-0.1, -0.05) is 41.9 Å². The number of aromatic nitrogens is 3. The standard InChI is InChI=1S/C20H15N3O2.C11H9ClN2O2/c24-20(25-17-6-2-1-3-7-17)22-15-10-12-16(13-11-15)23-14-21-18-8-4-5-9-19(18)23;1-16-10-5-9-6(4-7(10)11(13)15)8(12)2-3-14-9/h1-14H,(H,22,24);2-5H,1H3,(H2,13,15). The molecule has 0 aliphatic rings. The lowest BCUT2D eigenvalue weighted by Gasteiger charge is -2.08. The third kappa shape index (κ3) is 6.26. The lowest BCUT2D eigenvalue weighted by atomic mass is 10.1. The van der Waals surface area contributed by atoms with Crippen LogP contribution in [-0.2, 0) is 0 Å². The first-order chi connectivity index (χ1) is 19.9. The van der Waals surface area contributed by atoms with E-state index in [0.29, 0.717) is 38.7 Å². The average Bonchev–Trinajstić information content (AvgIpc) is 3.42. The Hall–Kier alpha value is -5.41. The molecule has 0 saturated carbocycles. The van der Waals surface area contributed by atoms with Gasteiger partial charge < -0.3 is 15.2 Å². The number of rotatable bonds is 5. The molecule has 0 aliphatic carbocycles. The molecular weight excluding hydrogens is 542 g/mol. The van der Waals surface area contributed by atoms with E-state index in [0.717, 1.165) is 16.7 Å². The fourth-order valence-corrected chi connectivity index (χ4v) is 4.32. The number of amides is 2. The van der Waals surface area contributed by atoms with Gasteiger partial charge in [0.15, 0.2) is 0 Å². The van der Waals surface area contributed by atoms with Crippen LogP contribution >= 0.6 is 11.6 Å². The van der Waals surface area contributed by atoms with Crippen LogP contribution in [0.1, 0.15) is 10.4 Å². The van der Waals surface area contributed by atoms with E-state index < -0.39 is 12.0 Å². The summed E-state index contributed by atoms with van der Waals surface area (Å²) >= 11 is 6.00. The maximum atomic E-state index is 11.9. The number of hydrogen-bond acceptors (Lipinski definition) is 6. The molecule has 2 aromatic heterocycles. The summed E-state index contributed by atoms with van der Waals surface area (Å²) in [7, 11) is 1.47. The highest BCUT2D eigenvalue weighted by Crippen LogP contribution is 2.28. The Labute approximate surface area is 240 Å². The molecule has 41 heavy (non-hydrogen) atoms. The molecule has 6 rings (SSSR count). The molecule has 4 aromatic carbocycles. The Morgan fingerprint density at radius 1 is 0.878 bits per heavy atom. The highest BCUT2D eigenvalue weighted by Gasteiger charge is 2.12. The second-order valence-corrected chi connectivity index (χ2v) is 9.11. The highest BCUT2D eigenvalue weighted by atomic mass is 35.5. The monoisotopic (exact) mass is 565 g/mol. The van der Waals surface area contributed by atoms with Crippen molar-refractivity contribution >= 4 is 51.2 Å². The second kappa shape index (κ2) is 12.2. The molecule has 0 radical (unpaired) electrons. The number of nitrogens with two attached hydrogens (primary N) is 1. The van der Waals surface area contributed by atoms with Crippen LogP contribution < -0.4 is 20.5 Å². The SMILES string of the molecule is COc1cc2nccc(Cl)c2cc1C(N)=O.O=C(Nc1ccc(-n2cnc3ccccc32)cc1)Oc1ccccc1. The van der Waals surface area contributed by atoms with Crippen molar-refractivity contribution in [3.63, 3.8) is 0 Å². The number of pyridine rings is 1. The Balaban J connectivity index is 0.000000182. The quantitative estimate of drug-likeness (QED) is 0.242. The average molecular weight is 566 g/mol. The number of carbonyl (C=O) groups is 2. The van der Waals surface area contributed by atoms with Crippen molar-refractivity contribution < 1.29 is 19.1 Å². The molecule has 2 amide bonds. The third-order valence-corrected chi connectivity index (χ3v) is 6.40. The molecule has 6 aromatic rings. The zero-order valence-corrected chi connectivity index (χ0v) is 22.6. The molecule has 0 aliphatic heterocycles. The van der Waals surface area contributed by atoms with Crippen LogP contribution in [-0.4, -0.2) is 33.6 Å². The van der Waals surface area contributed by atoms with E-state index in [1.54, 1.807) is 42.9 Å².